The molecule has 0 aliphatic rings. The molecule has 0 aliphatic heterocycles. The second kappa shape index (κ2) is 9.47. The van der Waals surface area contributed by atoms with Crippen LogP contribution in [0.25, 0.3) is 0 Å². The van der Waals surface area contributed by atoms with Gasteiger partial charge < -0.3 is 15.5 Å². The predicted molar refractivity (Wildman–Crippen MR) is 102 cm³/mol. The first-order chi connectivity index (χ1) is 12.1. The zero-order valence-corrected chi connectivity index (χ0v) is 14.8. The first-order valence-electron chi connectivity index (χ1n) is 8.58. The highest BCUT2D eigenvalue weighted by Crippen LogP contribution is 2.15. The Kier molecular flexibility index (Phi) is 7.01. The van der Waals surface area contributed by atoms with E-state index in [0.717, 1.165) is 23.4 Å². The van der Waals surface area contributed by atoms with Crippen molar-refractivity contribution in [3.63, 3.8) is 0 Å². The second-order valence-electron chi connectivity index (χ2n) is 5.69. The largest absolute Gasteiger partial charge is 0.363 e. The van der Waals surface area contributed by atoms with Gasteiger partial charge in [0.1, 0.15) is 0 Å². The molecule has 0 spiro atoms. The van der Waals surface area contributed by atoms with Crippen LogP contribution in [-0.2, 0) is 16.0 Å². The highest BCUT2D eigenvalue weighted by atomic mass is 16.2. The summed E-state index contributed by atoms with van der Waals surface area (Å²) in [6.07, 6.45) is 0.839. The zero-order chi connectivity index (χ0) is 18.1. The SMILES string of the molecule is CCc1ccccc1NC(=O)CNC(=O)CN(CC)c1ccccc1. The molecule has 0 atom stereocenters. The molecule has 2 N–H and O–H groups in total. The Labute approximate surface area is 149 Å². The van der Waals surface area contributed by atoms with Crippen molar-refractivity contribution in [2.75, 3.05) is 29.9 Å². The van der Waals surface area contributed by atoms with E-state index in [1.165, 1.54) is 0 Å². The van der Waals surface area contributed by atoms with Crippen LogP contribution in [0.1, 0.15) is 19.4 Å². The van der Waals surface area contributed by atoms with Crippen molar-refractivity contribution in [1.82, 2.24) is 5.32 Å². The highest BCUT2D eigenvalue weighted by molar-refractivity contribution is 5.95. The van der Waals surface area contributed by atoms with Gasteiger partial charge in [0, 0.05) is 17.9 Å². The van der Waals surface area contributed by atoms with E-state index < -0.39 is 0 Å². The van der Waals surface area contributed by atoms with Gasteiger partial charge in [-0.25, -0.2) is 0 Å². The Bertz CT molecular complexity index is 701. The minimum Gasteiger partial charge on any atom is -0.363 e. The van der Waals surface area contributed by atoms with Crippen molar-refractivity contribution in [3.05, 3.63) is 60.2 Å². The predicted octanol–water partition coefficient (Wildman–Crippen LogP) is 2.83. The molecule has 132 valence electrons. The number of rotatable bonds is 8. The molecular weight excluding hydrogens is 314 g/mol. The molecule has 0 unspecified atom stereocenters. The summed E-state index contributed by atoms with van der Waals surface area (Å²) >= 11 is 0. The second-order valence-corrected chi connectivity index (χ2v) is 5.69. The van der Waals surface area contributed by atoms with Crippen LogP contribution in [0, 0.1) is 0 Å². The number of likely N-dealkylation sites (N-methyl/N-ethyl adjacent to an activating group) is 1. The lowest BCUT2D eigenvalue weighted by Gasteiger charge is -2.22. The number of hydrogen-bond donors (Lipinski definition) is 2. The number of para-hydroxylation sites is 2. The average molecular weight is 339 g/mol. The van der Waals surface area contributed by atoms with Gasteiger partial charge in [-0.2, -0.15) is 0 Å². The molecule has 5 nitrogen and oxygen atoms in total. The Morgan fingerprint density at radius 3 is 2.28 bits per heavy atom. The minimum absolute atomic E-state index is 0.0385. The van der Waals surface area contributed by atoms with Gasteiger partial charge in [-0.3, -0.25) is 9.59 Å². The first-order valence-corrected chi connectivity index (χ1v) is 8.58. The van der Waals surface area contributed by atoms with Gasteiger partial charge in [0.15, 0.2) is 0 Å². The van der Waals surface area contributed by atoms with Gasteiger partial charge in [-0.15, -0.1) is 0 Å². The summed E-state index contributed by atoms with van der Waals surface area (Å²) in [5.41, 5.74) is 2.86. The van der Waals surface area contributed by atoms with Crippen molar-refractivity contribution in [3.8, 4) is 0 Å². The zero-order valence-electron chi connectivity index (χ0n) is 14.8. The van der Waals surface area contributed by atoms with Crippen LogP contribution >= 0.6 is 0 Å². The summed E-state index contributed by atoms with van der Waals surface area (Å²) in [7, 11) is 0. The maximum absolute atomic E-state index is 12.1. The van der Waals surface area contributed by atoms with Gasteiger partial charge in [-0.1, -0.05) is 43.3 Å². The number of nitrogens with zero attached hydrogens (tertiary/aromatic N) is 1. The Morgan fingerprint density at radius 2 is 1.60 bits per heavy atom. The third-order valence-electron chi connectivity index (χ3n) is 3.96. The van der Waals surface area contributed by atoms with E-state index in [9.17, 15) is 9.59 Å². The maximum atomic E-state index is 12.1. The van der Waals surface area contributed by atoms with E-state index in [4.69, 9.17) is 0 Å². The van der Waals surface area contributed by atoms with Crippen molar-refractivity contribution in [2.45, 2.75) is 20.3 Å². The quantitative estimate of drug-likeness (QED) is 0.777. The van der Waals surface area contributed by atoms with Crippen molar-refractivity contribution >= 4 is 23.2 Å². The van der Waals surface area contributed by atoms with Crippen molar-refractivity contribution in [1.29, 1.82) is 0 Å². The molecule has 0 aliphatic carbocycles. The fourth-order valence-corrected chi connectivity index (χ4v) is 2.58. The molecule has 0 saturated heterocycles. The van der Waals surface area contributed by atoms with E-state index in [2.05, 4.69) is 10.6 Å². The Morgan fingerprint density at radius 1 is 0.920 bits per heavy atom. The highest BCUT2D eigenvalue weighted by Gasteiger charge is 2.11. The molecule has 2 aromatic rings. The van der Waals surface area contributed by atoms with Gasteiger partial charge in [0.25, 0.3) is 0 Å². The lowest BCUT2D eigenvalue weighted by Crippen LogP contribution is -2.40. The van der Waals surface area contributed by atoms with E-state index in [1.807, 2.05) is 73.3 Å². The molecule has 0 fully saturated rings. The summed E-state index contributed by atoms with van der Waals surface area (Å²) in [4.78, 5) is 26.2. The van der Waals surface area contributed by atoms with Crippen LogP contribution in [0.15, 0.2) is 54.6 Å². The van der Waals surface area contributed by atoms with E-state index in [0.29, 0.717) is 6.54 Å². The van der Waals surface area contributed by atoms with Gasteiger partial charge >= 0.3 is 0 Å². The van der Waals surface area contributed by atoms with E-state index in [-0.39, 0.29) is 24.9 Å². The summed E-state index contributed by atoms with van der Waals surface area (Å²) in [5.74, 6) is -0.401. The van der Waals surface area contributed by atoms with Crippen LogP contribution < -0.4 is 15.5 Å². The fourth-order valence-electron chi connectivity index (χ4n) is 2.58. The number of aryl methyl sites for hydroxylation is 1. The standard InChI is InChI=1S/C20H25N3O2/c1-3-16-10-8-9-13-18(16)22-19(24)14-21-20(25)15-23(4-2)17-11-6-5-7-12-17/h5-13H,3-4,14-15H2,1-2H3,(H,21,25)(H,22,24). The molecule has 2 rings (SSSR count). The smallest absolute Gasteiger partial charge is 0.243 e. The van der Waals surface area contributed by atoms with E-state index >= 15 is 0 Å². The molecular formula is C20H25N3O2. The molecule has 0 radical (unpaired) electrons. The fraction of sp³-hybridized carbons (Fsp3) is 0.300. The van der Waals surface area contributed by atoms with Crippen molar-refractivity contribution in [2.24, 2.45) is 0 Å². The number of carbonyl (C=O) groups is 2. The number of anilines is 2. The lowest BCUT2D eigenvalue weighted by molar-refractivity contribution is -0.123. The van der Waals surface area contributed by atoms with E-state index in [1.54, 1.807) is 0 Å². The molecule has 25 heavy (non-hydrogen) atoms. The summed E-state index contributed by atoms with van der Waals surface area (Å²) in [6.45, 7) is 4.93. The molecule has 2 amide bonds. The number of amides is 2. The summed E-state index contributed by atoms with van der Waals surface area (Å²) in [6, 6.07) is 17.4. The van der Waals surface area contributed by atoms with Crippen molar-refractivity contribution < 1.29 is 9.59 Å². The molecule has 0 bridgehead atoms. The molecule has 2 aromatic carbocycles. The van der Waals surface area contributed by atoms with Crippen LogP contribution in [0.5, 0.6) is 0 Å². The topological polar surface area (TPSA) is 61.4 Å². The maximum Gasteiger partial charge on any atom is 0.243 e. The lowest BCUT2D eigenvalue weighted by atomic mass is 10.1. The van der Waals surface area contributed by atoms with Gasteiger partial charge in [-0.05, 0) is 37.1 Å². The third kappa shape index (κ3) is 5.64. The molecule has 0 saturated carbocycles. The normalized spacial score (nSPS) is 10.2. The number of nitrogens with one attached hydrogen (secondary N) is 2. The number of benzene rings is 2. The van der Waals surface area contributed by atoms with Crippen LogP contribution in [-0.4, -0.2) is 31.4 Å². The van der Waals surface area contributed by atoms with Crippen LogP contribution in [0.4, 0.5) is 11.4 Å². The molecule has 5 heteroatoms. The monoisotopic (exact) mass is 339 g/mol. The Balaban J connectivity index is 1.84. The summed E-state index contributed by atoms with van der Waals surface area (Å²) < 4.78 is 0. The first kappa shape index (κ1) is 18.5. The molecule has 0 aromatic heterocycles. The number of carbonyl (C=O) groups excluding carboxylic acids is 2. The minimum atomic E-state index is -0.225. The molecule has 0 heterocycles. The number of hydrogen-bond acceptors (Lipinski definition) is 3. The van der Waals surface area contributed by atoms with Crippen LogP contribution in [0.3, 0.4) is 0 Å². The summed E-state index contributed by atoms with van der Waals surface area (Å²) in [5, 5.41) is 5.53. The third-order valence-corrected chi connectivity index (χ3v) is 3.96. The van der Waals surface area contributed by atoms with Gasteiger partial charge in [0.05, 0.1) is 13.1 Å². The Hall–Kier alpha value is -2.82. The van der Waals surface area contributed by atoms with Gasteiger partial charge in [0.2, 0.25) is 11.8 Å². The van der Waals surface area contributed by atoms with Crippen LogP contribution in [0.2, 0.25) is 0 Å². The average Bonchev–Trinajstić information content (AvgIpc) is 2.65.